The molecule has 140 valence electrons. The average Bonchev–Trinajstić information content (AvgIpc) is 2.58. The molecule has 0 aliphatic carbocycles. The molecule has 0 aromatic heterocycles. The molecule has 1 aromatic carbocycles. The summed E-state index contributed by atoms with van der Waals surface area (Å²) in [5.74, 6) is 3.31. The Hall–Kier alpha value is -1.08. The normalized spacial score (nSPS) is 11.2. The Morgan fingerprint density at radius 3 is 2.04 bits per heavy atom. The number of benzene rings is 1. The largest absolute Gasteiger partial charge is 0.394 e. The van der Waals surface area contributed by atoms with E-state index in [2.05, 4.69) is 55.4 Å². The second kappa shape index (κ2) is 13.2. The summed E-state index contributed by atoms with van der Waals surface area (Å²) in [4.78, 5) is 0. The van der Waals surface area contributed by atoms with E-state index in [9.17, 15) is 0 Å². The summed E-state index contributed by atoms with van der Waals surface area (Å²) in [5, 5.41) is 8.61. The van der Waals surface area contributed by atoms with Gasteiger partial charge < -0.3 is 9.84 Å². The lowest BCUT2D eigenvalue weighted by Crippen LogP contribution is -2.16. The Morgan fingerprint density at radius 2 is 1.44 bits per heavy atom. The smallest absolute Gasteiger partial charge is 0.129 e. The van der Waals surface area contributed by atoms with Crippen LogP contribution in [-0.2, 0) is 11.2 Å². The van der Waals surface area contributed by atoms with E-state index < -0.39 is 8.07 Å². The predicted molar refractivity (Wildman–Crippen MR) is 111 cm³/mol. The predicted octanol–water partition coefficient (Wildman–Crippen LogP) is 5.20. The summed E-state index contributed by atoms with van der Waals surface area (Å²) in [5.41, 5.74) is 6.00. The van der Waals surface area contributed by atoms with Gasteiger partial charge >= 0.3 is 0 Å². The van der Waals surface area contributed by atoms with Crippen LogP contribution >= 0.6 is 0 Å². The summed E-state index contributed by atoms with van der Waals surface area (Å²) in [6.07, 6.45) is 10.1. The minimum absolute atomic E-state index is 0.134. The van der Waals surface area contributed by atoms with Gasteiger partial charge in [-0.25, -0.2) is 0 Å². The van der Waals surface area contributed by atoms with E-state index in [4.69, 9.17) is 9.84 Å². The van der Waals surface area contributed by atoms with Gasteiger partial charge in [-0.15, -0.1) is 5.54 Å². The first-order chi connectivity index (χ1) is 12.0. The molecule has 0 saturated carbocycles. The van der Waals surface area contributed by atoms with Crippen molar-refractivity contribution in [3.05, 3.63) is 35.4 Å². The van der Waals surface area contributed by atoms with Crippen LogP contribution in [0, 0.1) is 11.5 Å². The number of aliphatic hydroxyl groups excluding tert-OH is 1. The molecule has 0 aliphatic heterocycles. The van der Waals surface area contributed by atoms with Gasteiger partial charge in [-0.05, 0) is 37.0 Å². The van der Waals surface area contributed by atoms with Crippen molar-refractivity contribution in [3.63, 3.8) is 0 Å². The molecule has 0 fully saturated rings. The molecule has 0 heterocycles. The molecule has 0 radical (unpaired) electrons. The van der Waals surface area contributed by atoms with Gasteiger partial charge in [-0.1, -0.05) is 69.8 Å². The van der Waals surface area contributed by atoms with Crippen molar-refractivity contribution in [2.45, 2.75) is 71.0 Å². The van der Waals surface area contributed by atoms with Gasteiger partial charge in [0.1, 0.15) is 8.07 Å². The number of hydrogen-bond acceptors (Lipinski definition) is 2. The number of aliphatic hydroxyl groups is 1. The number of rotatable bonds is 12. The number of aryl methyl sites for hydroxylation is 1. The van der Waals surface area contributed by atoms with Crippen LogP contribution in [0.5, 0.6) is 0 Å². The van der Waals surface area contributed by atoms with E-state index in [0.717, 1.165) is 18.6 Å². The average molecular weight is 361 g/mol. The van der Waals surface area contributed by atoms with E-state index >= 15 is 0 Å². The quantitative estimate of drug-likeness (QED) is 0.315. The Balaban J connectivity index is 2.06. The van der Waals surface area contributed by atoms with Crippen LogP contribution in [0.4, 0.5) is 0 Å². The molecule has 0 unspecified atom stereocenters. The van der Waals surface area contributed by atoms with E-state index in [1.165, 1.54) is 50.5 Å². The third kappa shape index (κ3) is 12.9. The monoisotopic (exact) mass is 360 g/mol. The number of unbranched alkanes of at least 4 members (excludes halogenated alkanes) is 6. The van der Waals surface area contributed by atoms with Gasteiger partial charge in [0.2, 0.25) is 0 Å². The van der Waals surface area contributed by atoms with Gasteiger partial charge in [0, 0.05) is 12.2 Å². The van der Waals surface area contributed by atoms with Crippen LogP contribution in [0.25, 0.3) is 0 Å². The Bertz CT molecular complexity index is 506. The van der Waals surface area contributed by atoms with E-state index in [0.29, 0.717) is 6.61 Å². The van der Waals surface area contributed by atoms with Crippen molar-refractivity contribution in [2.75, 3.05) is 19.8 Å². The van der Waals surface area contributed by atoms with Crippen molar-refractivity contribution < 1.29 is 9.84 Å². The highest BCUT2D eigenvalue weighted by atomic mass is 28.3. The zero-order valence-electron chi connectivity index (χ0n) is 16.4. The van der Waals surface area contributed by atoms with Crippen molar-refractivity contribution in [3.8, 4) is 11.5 Å². The first kappa shape index (κ1) is 22.0. The maximum absolute atomic E-state index is 8.61. The SMILES string of the molecule is C[Si](C)(C)C#Cc1ccc(CCCCCCCCCOCCO)cc1. The Labute approximate surface area is 156 Å². The van der Waals surface area contributed by atoms with Gasteiger partial charge in [0.05, 0.1) is 13.2 Å². The highest BCUT2D eigenvalue weighted by Gasteiger charge is 2.07. The molecule has 0 spiro atoms. The van der Waals surface area contributed by atoms with Crippen LogP contribution in [0.3, 0.4) is 0 Å². The fourth-order valence-corrected chi connectivity index (χ4v) is 3.12. The lowest BCUT2D eigenvalue weighted by atomic mass is 10.0. The third-order valence-corrected chi connectivity index (χ3v) is 4.90. The zero-order chi connectivity index (χ0) is 18.4. The minimum atomic E-state index is -1.28. The molecule has 0 aliphatic rings. The van der Waals surface area contributed by atoms with Crippen molar-refractivity contribution >= 4 is 8.07 Å². The molecular weight excluding hydrogens is 324 g/mol. The molecule has 1 aromatic rings. The minimum Gasteiger partial charge on any atom is -0.394 e. The summed E-state index contributed by atoms with van der Waals surface area (Å²) >= 11 is 0. The lowest BCUT2D eigenvalue weighted by molar-refractivity contribution is 0.0895. The first-order valence-corrected chi connectivity index (χ1v) is 13.3. The van der Waals surface area contributed by atoms with E-state index in [1.807, 2.05) is 0 Å². The highest BCUT2D eigenvalue weighted by molar-refractivity contribution is 6.83. The van der Waals surface area contributed by atoms with Gasteiger partial charge in [-0.2, -0.15) is 0 Å². The number of ether oxygens (including phenoxy) is 1. The maximum Gasteiger partial charge on any atom is 0.129 e. The second-order valence-corrected chi connectivity index (χ2v) is 12.5. The summed E-state index contributed by atoms with van der Waals surface area (Å²) in [6.45, 7) is 8.23. The lowest BCUT2D eigenvalue weighted by Gasteiger charge is -2.05. The summed E-state index contributed by atoms with van der Waals surface area (Å²) in [6, 6.07) is 8.81. The van der Waals surface area contributed by atoms with Crippen LogP contribution in [-0.4, -0.2) is 33.0 Å². The Morgan fingerprint density at radius 1 is 0.840 bits per heavy atom. The zero-order valence-corrected chi connectivity index (χ0v) is 17.4. The van der Waals surface area contributed by atoms with Crippen LogP contribution in [0.1, 0.15) is 56.1 Å². The molecule has 0 amide bonds. The molecule has 0 saturated heterocycles. The summed E-state index contributed by atoms with van der Waals surface area (Å²) in [7, 11) is -1.28. The van der Waals surface area contributed by atoms with Gasteiger partial charge in [0.25, 0.3) is 0 Å². The van der Waals surface area contributed by atoms with Crippen LogP contribution in [0.2, 0.25) is 19.6 Å². The molecule has 2 nitrogen and oxygen atoms in total. The molecule has 0 atom stereocenters. The maximum atomic E-state index is 8.61. The van der Waals surface area contributed by atoms with E-state index in [1.54, 1.807) is 0 Å². The number of hydrogen-bond donors (Lipinski definition) is 1. The first-order valence-electron chi connectivity index (χ1n) is 9.82. The summed E-state index contributed by atoms with van der Waals surface area (Å²) < 4.78 is 5.26. The van der Waals surface area contributed by atoms with Crippen molar-refractivity contribution in [1.82, 2.24) is 0 Å². The molecule has 3 heteroatoms. The molecule has 25 heavy (non-hydrogen) atoms. The van der Waals surface area contributed by atoms with Crippen molar-refractivity contribution in [1.29, 1.82) is 0 Å². The van der Waals surface area contributed by atoms with E-state index in [-0.39, 0.29) is 6.61 Å². The Kier molecular flexibility index (Phi) is 11.6. The standard InChI is InChI=1S/C22H36O2Si/c1-25(2,3)20-16-22-14-12-21(13-15-22)11-9-7-5-4-6-8-10-18-24-19-17-23/h12-15,23H,4-11,17-19H2,1-3H3. The molecule has 1 rings (SSSR count). The highest BCUT2D eigenvalue weighted by Crippen LogP contribution is 2.12. The topological polar surface area (TPSA) is 29.5 Å². The van der Waals surface area contributed by atoms with Crippen LogP contribution < -0.4 is 0 Å². The fraction of sp³-hybridized carbons (Fsp3) is 0.636. The molecule has 0 bridgehead atoms. The molecular formula is C22H36O2Si. The fourth-order valence-electron chi connectivity index (χ4n) is 2.60. The van der Waals surface area contributed by atoms with Crippen molar-refractivity contribution in [2.24, 2.45) is 0 Å². The van der Waals surface area contributed by atoms with Crippen LogP contribution in [0.15, 0.2) is 24.3 Å². The third-order valence-electron chi connectivity index (χ3n) is 4.03. The molecule has 1 N–H and O–H groups in total. The van der Waals surface area contributed by atoms with Gasteiger partial charge in [0.15, 0.2) is 0 Å². The second-order valence-electron chi connectivity index (χ2n) is 7.76. The van der Waals surface area contributed by atoms with Gasteiger partial charge in [-0.3, -0.25) is 0 Å².